The van der Waals surface area contributed by atoms with Gasteiger partial charge in [0.05, 0.1) is 6.04 Å². The second-order valence-corrected chi connectivity index (χ2v) is 5.47. The smallest absolute Gasteiger partial charge is 0.237 e. The second kappa shape index (κ2) is 6.17. The van der Waals surface area contributed by atoms with Crippen molar-refractivity contribution >= 4 is 11.7 Å². The van der Waals surface area contributed by atoms with Crippen molar-refractivity contribution in [2.45, 2.75) is 37.8 Å². The van der Waals surface area contributed by atoms with E-state index in [0.717, 1.165) is 44.6 Å². The first-order valence-corrected chi connectivity index (χ1v) is 7.40. The van der Waals surface area contributed by atoms with Crippen molar-refractivity contribution in [2.75, 3.05) is 24.5 Å². The molecule has 2 fully saturated rings. The summed E-state index contributed by atoms with van der Waals surface area (Å²) < 4.78 is 0. The summed E-state index contributed by atoms with van der Waals surface area (Å²) in [5, 5.41) is 14.4. The predicted molar refractivity (Wildman–Crippen MR) is 76.4 cm³/mol. The summed E-state index contributed by atoms with van der Waals surface area (Å²) in [6.45, 7) is 2.63. The van der Waals surface area contributed by atoms with Crippen LogP contribution in [0.2, 0.25) is 0 Å². The number of nitrogens with zero attached hydrogens (tertiary/aromatic N) is 3. The van der Waals surface area contributed by atoms with E-state index < -0.39 is 0 Å². The van der Waals surface area contributed by atoms with Crippen LogP contribution >= 0.6 is 0 Å². The predicted octanol–water partition coefficient (Wildman–Crippen LogP) is 0.314. The van der Waals surface area contributed by atoms with Crippen LogP contribution in [-0.4, -0.2) is 47.8 Å². The first kappa shape index (κ1) is 13.3. The Bertz CT molecular complexity index is 446. The molecule has 2 N–H and O–H groups in total. The molecule has 1 aromatic rings. The molecule has 3 heterocycles. The number of nitrogens with one attached hydrogen (secondary N) is 2. The van der Waals surface area contributed by atoms with E-state index in [1.54, 1.807) is 6.20 Å². The molecule has 3 rings (SSSR count). The van der Waals surface area contributed by atoms with Crippen LogP contribution < -0.4 is 15.5 Å². The van der Waals surface area contributed by atoms with Crippen LogP contribution in [0.4, 0.5) is 5.82 Å². The lowest BCUT2D eigenvalue weighted by molar-refractivity contribution is -0.122. The van der Waals surface area contributed by atoms with Gasteiger partial charge in [0.1, 0.15) is 0 Å². The number of rotatable bonds is 4. The maximum Gasteiger partial charge on any atom is 0.237 e. The van der Waals surface area contributed by atoms with Gasteiger partial charge in [0.2, 0.25) is 5.91 Å². The van der Waals surface area contributed by atoms with Gasteiger partial charge < -0.3 is 15.5 Å². The van der Waals surface area contributed by atoms with Crippen molar-refractivity contribution in [3.05, 3.63) is 18.3 Å². The van der Waals surface area contributed by atoms with Gasteiger partial charge in [-0.2, -0.15) is 5.10 Å². The first-order chi connectivity index (χ1) is 9.84. The minimum absolute atomic E-state index is 0.00127. The summed E-state index contributed by atoms with van der Waals surface area (Å²) in [6, 6.07) is 4.21. The Balaban J connectivity index is 1.55. The molecule has 2 saturated heterocycles. The zero-order chi connectivity index (χ0) is 13.8. The maximum absolute atomic E-state index is 12.0. The normalized spacial score (nSPS) is 25.9. The molecule has 108 valence electrons. The van der Waals surface area contributed by atoms with E-state index in [0.29, 0.717) is 12.6 Å². The number of aromatic nitrogens is 2. The Morgan fingerprint density at radius 3 is 3.15 bits per heavy atom. The molecule has 0 aromatic carbocycles. The van der Waals surface area contributed by atoms with E-state index >= 15 is 0 Å². The van der Waals surface area contributed by atoms with Crippen molar-refractivity contribution in [1.82, 2.24) is 20.8 Å². The SMILES string of the molecule is O=C(NCC1CCCN1c1cccnn1)[C@@H]1CCCN1. The van der Waals surface area contributed by atoms with Crippen LogP contribution in [0.15, 0.2) is 18.3 Å². The molecule has 0 spiro atoms. The van der Waals surface area contributed by atoms with Gasteiger partial charge in [0.25, 0.3) is 0 Å². The fraction of sp³-hybridized carbons (Fsp3) is 0.643. The summed E-state index contributed by atoms with van der Waals surface area (Å²) >= 11 is 0. The Labute approximate surface area is 118 Å². The zero-order valence-electron chi connectivity index (χ0n) is 11.6. The lowest BCUT2D eigenvalue weighted by Gasteiger charge is -2.25. The van der Waals surface area contributed by atoms with E-state index in [4.69, 9.17) is 0 Å². The molecule has 2 atom stereocenters. The van der Waals surface area contributed by atoms with Gasteiger partial charge in [-0.25, -0.2) is 0 Å². The molecule has 2 aliphatic rings. The average molecular weight is 275 g/mol. The molecular weight excluding hydrogens is 254 g/mol. The summed E-state index contributed by atoms with van der Waals surface area (Å²) in [5.41, 5.74) is 0. The van der Waals surface area contributed by atoms with Gasteiger partial charge in [-0.1, -0.05) is 0 Å². The summed E-state index contributed by atoms with van der Waals surface area (Å²) in [7, 11) is 0. The number of carbonyl (C=O) groups excluding carboxylic acids is 1. The van der Waals surface area contributed by atoms with Crippen molar-refractivity contribution in [3.8, 4) is 0 Å². The van der Waals surface area contributed by atoms with Gasteiger partial charge >= 0.3 is 0 Å². The maximum atomic E-state index is 12.0. The number of amides is 1. The third-order valence-corrected chi connectivity index (χ3v) is 4.12. The Morgan fingerprint density at radius 2 is 2.40 bits per heavy atom. The molecule has 20 heavy (non-hydrogen) atoms. The molecule has 1 unspecified atom stereocenters. The van der Waals surface area contributed by atoms with Gasteiger partial charge in [0, 0.05) is 25.3 Å². The summed E-state index contributed by atoms with van der Waals surface area (Å²) in [4.78, 5) is 14.3. The van der Waals surface area contributed by atoms with E-state index in [1.807, 2.05) is 12.1 Å². The molecule has 1 aromatic heterocycles. The average Bonchev–Trinajstić information content (AvgIpc) is 3.17. The fourth-order valence-electron chi connectivity index (χ4n) is 3.05. The Hall–Kier alpha value is -1.69. The van der Waals surface area contributed by atoms with Crippen molar-refractivity contribution in [1.29, 1.82) is 0 Å². The Morgan fingerprint density at radius 1 is 1.45 bits per heavy atom. The molecule has 6 heteroatoms. The largest absolute Gasteiger partial charge is 0.353 e. The number of hydrogen-bond donors (Lipinski definition) is 2. The van der Waals surface area contributed by atoms with Crippen LogP contribution in [-0.2, 0) is 4.79 Å². The summed E-state index contributed by atoms with van der Waals surface area (Å²) in [6.07, 6.45) is 5.95. The minimum Gasteiger partial charge on any atom is -0.353 e. The number of anilines is 1. The third kappa shape index (κ3) is 2.90. The second-order valence-electron chi connectivity index (χ2n) is 5.47. The Kier molecular flexibility index (Phi) is 4.11. The highest BCUT2D eigenvalue weighted by Crippen LogP contribution is 2.22. The third-order valence-electron chi connectivity index (χ3n) is 4.12. The highest BCUT2D eigenvalue weighted by molar-refractivity contribution is 5.82. The molecule has 0 bridgehead atoms. The first-order valence-electron chi connectivity index (χ1n) is 7.40. The summed E-state index contributed by atoms with van der Waals surface area (Å²) in [5.74, 6) is 1.04. The molecule has 0 aliphatic carbocycles. The highest BCUT2D eigenvalue weighted by Gasteiger charge is 2.28. The highest BCUT2D eigenvalue weighted by atomic mass is 16.2. The molecule has 2 aliphatic heterocycles. The fourth-order valence-corrected chi connectivity index (χ4v) is 3.05. The number of hydrogen-bond acceptors (Lipinski definition) is 5. The molecule has 0 radical (unpaired) electrons. The molecular formula is C14H21N5O. The van der Waals surface area contributed by atoms with Crippen LogP contribution in [0.3, 0.4) is 0 Å². The number of carbonyl (C=O) groups is 1. The van der Waals surface area contributed by atoms with E-state index in [2.05, 4.69) is 25.7 Å². The minimum atomic E-state index is 0.00127. The zero-order valence-corrected chi connectivity index (χ0v) is 11.6. The molecule has 0 saturated carbocycles. The van der Waals surface area contributed by atoms with Crippen molar-refractivity contribution < 1.29 is 4.79 Å². The van der Waals surface area contributed by atoms with Gasteiger partial charge in [-0.3, -0.25) is 4.79 Å². The van der Waals surface area contributed by atoms with Crippen LogP contribution in [0.5, 0.6) is 0 Å². The van der Waals surface area contributed by atoms with E-state index in [9.17, 15) is 4.79 Å². The lowest BCUT2D eigenvalue weighted by atomic mass is 10.2. The quantitative estimate of drug-likeness (QED) is 0.828. The van der Waals surface area contributed by atoms with Gasteiger partial charge in [-0.05, 0) is 44.4 Å². The van der Waals surface area contributed by atoms with Crippen LogP contribution in [0.25, 0.3) is 0 Å². The van der Waals surface area contributed by atoms with Crippen molar-refractivity contribution in [3.63, 3.8) is 0 Å². The van der Waals surface area contributed by atoms with Gasteiger partial charge in [-0.15, -0.1) is 5.10 Å². The lowest BCUT2D eigenvalue weighted by Crippen LogP contribution is -2.46. The topological polar surface area (TPSA) is 70.2 Å². The van der Waals surface area contributed by atoms with Crippen LogP contribution in [0, 0.1) is 0 Å². The molecule has 6 nitrogen and oxygen atoms in total. The van der Waals surface area contributed by atoms with E-state index in [-0.39, 0.29) is 11.9 Å². The van der Waals surface area contributed by atoms with Crippen LogP contribution in [0.1, 0.15) is 25.7 Å². The van der Waals surface area contributed by atoms with Gasteiger partial charge in [0.15, 0.2) is 5.82 Å². The monoisotopic (exact) mass is 275 g/mol. The van der Waals surface area contributed by atoms with Crippen molar-refractivity contribution in [2.24, 2.45) is 0 Å². The standard InChI is InChI=1S/C14H21N5O/c20-14(12-5-1-7-15-12)16-10-11-4-3-9-19(11)13-6-2-8-17-18-13/h2,6,8,11-12,15H,1,3-5,7,9-10H2,(H,16,20)/t11?,12-/m0/s1. The van der Waals surface area contributed by atoms with E-state index in [1.165, 1.54) is 0 Å². The molecule has 1 amide bonds.